The van der Waals surface area contributed by atoms with Crippen molar-refractivity contribution in [1.29, 1.82) is 0 Å². The molecule has 0 saturated heterocycles. The molecule has 0 aliphatic carbocycles. The van der Waals surface area contributed by atoms with Crippen LogP contribution >= 0.6 is 0 Å². The Morgan fingerprint density at radius 3 is 1.44 bits per heavy atom. The number of hydrogen-bond acceptors (Lipinski definition) is 1. The summed E-state index contributed by atoms with van der Waals surface area (Å²) in [4.78, 5) is 0. The Balaban J connectivity index is 1.53. The molecule has 1 heterocycles. The molecule has 0 atom stereocenters. The van der Waals surface area contributed by atoms with Gasteiger partial charge in [0.05, 0.1) is 0 Å². The zero-order valence-corrected chi connectivity index (χ0v) is 21.3. The first-order valence-corrected chi connectivity index (χ1v) is 13.4. The average Bonchev–Trinajstić information content (AvgIpc) is 3.39. The predicted octanol–water partition coefficient (Wildman–Crippen LogP) is 10.9. The van der Waals surface area contributed by atoms with Crippen LogP contribution in [0.15, 0.2) is 150 Å². The highest BCUT2D eigenvalue weighted by atomic mass is 16.3. The van der Waals surface area contributed by atoms with Crippen LogP contribution < -0.4 is 0 Å². The largest absolute Gasteiger partial charge is 0.455 e. The van der Waals surface area contributed by atoms with Gasteiger partial charge in [-0.1, -0.05) is 140 Å². The van der Waals surface area contributed by atoms with Crippen LogP contribution in [0.5, 0.6) is 0 Å². The first-order valence-electron chi connectivity index (χ1n) is 13.4. The summed E-state index contributed by atoms with van der Waals surface area (Å²) in [6.45, 7) is 0. The molecule has 0 radical (unpaired) electrons. The second-order valence-corrected chi connectivity index (χ2v) is 10.0. The highest BCUT2D eigenvalue weighted by Gasteiger charge is 2.21. The SMILES string of the molecule is c1ccc(-c2ccccc2-c2c3ccccc3c(-c3cccc4c3oc3ccccc34)c3ccccc23)cc1. The topological polar surface area (TPSA) is 13.1 Å². The van der Waals surface area contributed by atoms with E-state index in [2.05, 4.69) is 140 Å². The molecule has 0 spiro atoms. The summed E-state index contributed by atoms with van der Waals surface area (Å²) in [5.74, 6) is 0. The van der Waals surface area contributed by atoms with Crippen LogP contribution in [-0.2, 0) is 0 Å². The third-order valence-electron chi connectivity index (χ3n) is 7.89. The minimum Gasteiger partial charge on any atom is -0.455 e. The maximum absolute atomic E-state index is 6.53. The van der Waals surface area contributed by atoms with Crippen LogP contribution in [0, 0.1) is 0 Å². The number of para-hydroxylation sites is 2. The maximum atomic E-state index is 6.53. The molecule has 0 saturated carbocycles. The Bertz CT molecular complexity index is 2110. The highest BCUT2D eigenvalue weighted by molar-refractivity contribution is 6.24. The summed E-state index contributed by atoms with van der Waals surface area (Å²) < 4.78 is 6.53. The van der Waals surface area contributed by atoms with E-state index in [1.807, 2.05) is 6.07 Å². The molecular formula is C38H24O. The standard InChI is InChI=1S/C38H24O/c1-2-13-25(14-3-1)26-15-4-5-17-28(26)36-29-18-6-8-20-31(29)37(32-21-9-7-19-30(32)36)34-23-12-22-33-27-16-10-11-24-35(27)39-38(33)34/h1-24H. The molecule has 0 unspecified atom stereocenters. The third kappa shape index (κ3) is 3.34. The van der Waals surface area contributed by atoms with Crippen LogP contribution in [0.1, 0.15) is 0 Å². The highest BCUT2D eigenvalue weighted by Crippen LogP contribution is 2.47. The van der Waals surface area contributed by atoms with Gasteiger partial charge in [-0.3, -0.25) is 0 Å². The lowest BCUT2D eigenvalue weighted by Gasteiger charge is -2.19. The fourth-order valence-electron chi connectivity index (χ4n) is 6.22. The van der Waals surface area contributed by atoms with Gasteiger partial charge < -0.3 is 4.42 Å². The minimum atomic E-state index is 0.918. The van der Waals surface area contributed by atoms with Crippen molar-refractivity contribution in [2.75, 3.05) is 0 Å². The van der Waals surface area contributed by atoms with E-state index in [0.29, 0.717) is 0 Å². The molecule has 0 bridgehead atoms. The quantitative estimate of drug-likeness (QED) is 0.222. The third-order valence-corrected chi connectivity index (χ3v) is 7.89. The average molecular weight is 497 g/mol. The Labute approximate surface area is 226 Å². The molecule has 1 aromatic heterocycles. The number of furan rings is 1. The Hall–Kier alpha value is -5.14. The molecule has 0 fully saturated rings. The van der Waals surface area contributed by atoms with Gasteiger partial charge in [0.15, 0.2) is 0 Å². The molecular weight excluding hydrogens is 472 g/mol. The van der Waals surface area contributed by atoms with Gasteiger partial charge in [-0.2, -0.15) is 0 Å². The zero-order chi connectivity index (χ0) is 25.8. The monoisotopic (exact) mass is 496 g/mol. The number of benzene rings is 7. The van der Waals surface area contributed by atoms with Crippen LogP contribution in [0.4, 0.5) is 0 Å². The van der Waals surface area contributed by atoms with Gasteiger partial charge in [-0.05, 0) is 49.9 Å². The van der Waals surface area contributed by atoms with Gasteiger partial charge in [0, 0.05) is 21.9 Å². The lowest BCUT2D eigenvalue weighted by Crippen LogP contribution is -1.92. The van der Waals surface area contributed by atoms with Crippen molar-refractivity contribution in [3.8, 4) is 33.4 Å². The molecule has 8 rings (SSSR count). The van der Waals surface area contributed by atoms with Crippen molar-refractivity contribution in [1.82, 2.24) is 0 Å². The summed E-state index contributed by atoms with van der Waals surface area (Å²) in [7, 11) is 0. The lowest BCUT2D eigenvalue weighted by atomic mass is 9.83. The maximum Gasteiger partial charge on any atom is 0.143 e. The fourth-order valence-corrected chi connectivity index (χ4v) is 6.22. The Morgan fingerprint density at radius 1 is 0.308 bits per heavy atom. The first kappa shape index (κ1) is 21.9. The van der Waals surface area contributed by atoms with Crippen LogP contribution in [0.2, 0.25) is 0 Å². The number of rotatable bonds is 3. The van der Waals surface area contributed by atoms with E-state index in [4.69, 9.17) is 4.42 Å². The second-order valence-electron chi connectivity index (χ2n) is 10.0. The van der Waals surface area contributed by atoms with Gasteiger partial charge in [-0.15, -0.1) is 0 Å². The molecule has 182 valence electrons. The van der Waals surface area contributed by atoms with E-state index in [-0.39, 0.29) is 0 Å². The van der Waals surface area contributed by atoms with Crippen molar-refractivity contribution in [3.63, 3.8) is 0 Å². The fraction of sp³-hybridized carbons (Fsp3) is 0. The molecule has 1 heteroatoms. The molecule has 0 amide bonds. The van der Waals surface area contributed by atoms with Crippen LogP contribution in [0.25, 0.3) is 76.9 Å². The van der Waals surface area contributed by atoms with Crippen LogP contribution in [0.3, 0.4) is 0 Å². The second kappa shape index (κ2) is 8.72. The van der Waals surface area contributed by atoms with Gasteiger partial charge >= 0.3 is 0 Å². The van der Waals surface area contributed by atoms with Crippen LogP contribution in [-0.4, -0.2) is 0 Å². The van der Waals surface area contributed by atoms with Crippen molar-refractivity contribution >= 4 is 43.5 Å². The van der Waals surface area contributed by atoms with Crippen molar-refractivity contribution in [2.45, 2.75) is 0 Å². The van der Waals surface area contributed by atoms with Crippen molar-refractivity contribution in [3.05, 3.63) is 146 Å². The zero-order valence-electron chi connectivity index (χ0n) is 21.3. The van der Waals surface area contributed by atoms with Gasteiger partial charge in [0.2, 0.25) is 0 Å². The summed E-state index contributed by atoms with van der Waals surface area (Å²) in [5.41, 5.74) is 9.16. The molecule has 0 N–H and O–H groups in total. The van der Waals surface area contributed by atoms with Gasteiger partial charge in [0.25, 0.3) is 0 Å². The summed E-state index contributed by atoms with van der Waals surface area (Å²) >= 11 is 0. The lowest BCUT2D eigenvalue weighted by molar-refractivity contribution is 0.670. The predicted molar refractivity (Wildman–Crippen MR) is 165 cm³/mol. The molecule has 0 aliphatic rings. The molecule has 0 aliphatic heterocycles. The molecule has 39 heavy (non-hydrogen) atoms. The van der Waals surface area contributed by atoms with E-state index in [9.17, 15) is 0 Å². The first-order chi connectivity index (χ1) is 19.4. The Morgan fingerprint density at radius 2 is 0.769 bits per heavy atom. The number of hydrogen-bond donors (Lipinski definition) is 0. The normalized spacial score (nSPS) is 11.6. The molecule has 1 nitrogen and oxygen atoms in total. The van der Waals surface area contributed by atoms with E-state index in [0.717, 1.165) is 27.5 Å². The Kier molecular flexibility index (Phi) is 4.89. The number of fused-ring (bicyclic) bond motifs is 5. The molecule has 7 aromatic carbocycles. The summed E-state index contributed by atoms with van der Waals surface area (Å²) in [6, 6.07) is 51.9. The van der Waals surface area contributed by atoms with Gasteiger partial charge in [0.1, 0.15) is 11.2 Å². The van der Waals surface area contributed by atoms with Crippen molar-refractivity contribution in [2.24, 2.45) is 0 Å². The summed E-state index contributed by atoms with van der Waals surface area (Å²) in [6.07, 6.45) is 0. The smallest absolute Gasteiger partial charge is 0.143 e. The van der Waals surface area contributed by atoms with Gasteiger partial charge in [-0.25, -0.2) is 0 Å². The minimum absolute atomic E-state index is 0.918. The van der Waals surface area contributed by atoms with E-state index >= 15 is 0 Å². The molecule has 8 aromatic rings. The van der Waals surface area contributed by atoms with E-state index < -0.39 is 0 Å². The van der Waals surface area contributed by atoms with E-state index in [1.165, 1.54) is 49.4 Å². The van der Waals surface area contributed by atoms with Crippen molar-refractivity contribution < 1.29 is 4.42 Å². The van der Waals surface area contributed by atoms with E-state index in [1.54, 1.807) is 0 Å². The summed E-state index contributed by atoms with van der Waals surface area (Å²) in [5, 5.41) is 7.22.